The second kappa shape index (κ2) is 8.71. The molecule has 0 spiro atoms. The highest BCUT2D eigenvalue weighted by Crippen LogP contribution is 2.27. The third-order valence-corrected chi connectivity index (χ3v) is 8.42. The molecule has 0 aliphatic carbocycles. The van der Waals surface area contributed by atoms with Crippen molar-refractivity contribution in [1.82, 2.24) is 9.62 Å². The highest BCUT2D eigenvalue weighted by Gasteiger charge is 2.36. The Morgan fingerprint density at radius 2 is 1.81 bits per heavy atom. The lowest BCUT2D eigenvalue weighted by Gasteiger charge is -2.33. The van der Waals surface area contributed by atoms with E-state index in [-0.39, 0.29) is 35.3 Å². The quantitative estimate of drug-likeness (QED) is 0.628. The topological polar surface area (TPSA) is 126 Å². The van der Waals surface area contributed by atoms with Gasteiger partial charge in [0.1, 0.15) is 5.76 Å². The maximum Gasteiger partial charge on any atom is 0.242 e. The van der Waals surface area contributed by atoms with Gasteiger partial charge < -0.3 is 9.15 Å². The average molecular weight is 470 g/mol. The van der Waals surface area contributed by atoms with Crippen molar-refractivity contribution in [3.8, 4) is 0 Å². The summed E-state index contributed by atoms with van der Waals surface area (Å²) in [5, 5.41) is 0. The van der Waals surface area contributed by atoms with Crippen LogP contribution < -0.4 is 9.03 Å². The van der Waals surface area contributed by atoms with Gasteiger partial charge in [0.25, 0.3) is 0 Å². The molecule has 2 aromatic rings. The Hall–Kier alpha value is -2.25. The Kier molecular flexibility index (Phi) is 6.17. The summed E-state index contributed by atoms with van der Waals surface area (Å²) in [7, 11) is -7.57. The zero-order chi connectivity index (χ0) is 22.1. The Labute approximate surface area is 180 Å². The number of carbonyl (C=O) groups is 1. The summed E-state index contributed by atoms with van der Waals surface area (Å²) in [6.07, 6.45) is 1.46. The minimum Gasteiger partial charge on any atom is -0.468 e. The number of amides is 1. The van der Waals surface area contributed by atoms with E-state index >= 15 is 0 Å². The fourth-order valence-corrected chi connectivity index (χ4v) is 6.18. The van der Waals surface area contributed by atoms with Gasteiger partial charge in [0.05, 0.1) is 41.9 Å². The van der Waals surface area contributed by atoms with Crippen molar-refractivity contribution in [3.05, 3.63) is 48.4 Å². The number of ether oxygens (including phenoxy) is 1. The molecular weight excluding hydrogens is 446 g/mol. The lowest BCUT2D eigenvalue weighted by Crippen LogP contribution is -2.43. The van der Waals surface area contributed by atoms with E-state index in [9.17, 15) is 21.6 Å². The van der Waals surface area contributed by atoms with Crippen LogP contribution in [0.5, 0.6) is 0 Å². The minimum atomic E-state index is -3.87. The molecule has 2 fully saturated rings. The third-order valence-electron chi connectivity index (χ3n) is 5.28. The van der Waals surface area contributed by atoms with Gasteiger partial charge in [0.15, 0.2) is 0 Å². The van der Waals surface area contributed by atoms with Crippen LogP contribution in [-0.2, 0) is 29.6 Å². The van der Waals surface area contributed by atoms with Crippen LogP contribution in [0, 0.1) is 0 Å². The number of sulfonamides is 2. The Morgan fingerprint density at radius 1 is 1.10 bits per heavy atom. The number of carbonyl (C=O) groups excluding carboxylic acids is 1. The molecule has 3 heterocycles. The summed E-state index contributed by atoms with van der Waals surface area (Å²) in [6, 6.07) is 8.48. The summed E-state index contributed by atoms with van der Waals surface area (Å²) < 4.78 is 64.0. The fraction of sp³-hybridized carbons (Fsp3) is 0.421. The van der Waals surface area contributed by atoms with E-state index in [2.05, 4.69) is 9.62 Å². The highest BCUT2D eigenvalue weighted by molar-refractivity contribution is 7.94. The number of rotatable bonds is 7. The molecule has 0 saturated carbocycles. The van der Waals surface area contributed by atoms with Crippen LogP contribution in [0.15, 0.2) is 52.0 Å². The number of nitrogens with zero attached hydrogens (tertiary/aromatic N) is 2. The van der Waals surface area contributed by atoms with Crippen molar-refractivity contribution < 1.29 is 30.8 Å². The lowest BCUT2D eigenvalue weighted by molar-refractivity contribution is -0.116. The molecule has 31 heavy (non-hydrogen) atoms. The van der Waals surface area contributed by atoms with Crippen molar-refractivity contribution in [3.63, 3.8) is 0 Å². The zero-order valence-corrected chi connectivity index (χ0v) is 18.3. The van der Waals surface area contributed by atoms with Gasteiger partial charge in [-0.1, -0.05) is 0 Å². The van der Waals surface area contributed by atoms with E-state index in [4.69, 9.17) is 9.15 Å². The van der Waals surface area contributed by atoms with Crippen LogP contribution in [0.4, 0.5) is 5.69 Å². The largest absolute Gasteiger partial charge is 0.468 e. The van der Waals surface area contributed by atoms with Gasteiger partial charge >= 0.3 is 0 Å². The predicted molar refractivity (Wildman–Crippen MR) is 111 cm³/mol. The van der Waals surface area contributed by atoms with E-state index in [0.29, 0.717) is 32.1 Å². The van der Waals surface area contributed by atoms with Crippen LogP contribution in [0.25, 0.3) is 0 Å². The second-order valence-electron chi connectivity index (χ2n) is 7.25. The molecule has 0 bridgehead atoms. The Balaban J connectivity index is 1.49. The van der Waals surface area contributed by atoms with Crippen molar-refractivity contribution >= 4 is 31.6 Å². The van der Waals surface area contributed by atoms with Crippen LogP contribution in [0.2, 0.25) is 0 Å². The first kappa shape index (κ1) is 22.0. The average Bonchev–Trinajstić information content (AvgIpc) is 3.37. The smallest absolute Gasteiger partial charge is 0.242 e. The van der Waals surface area contributed by atoms with Crippen LogP contribution >= 0.6 is 0 Å². The van der Waals surface area contributed by atoms with E-state index in [1.165, 1.54) is 24.3 Å². The minimum absolute atomic E-state index is 0.0273. The summed E-state index contributed by atoms with van der Waals surface area (Å²) in [5.41, 5.74) is 0.128. The van der Waals surface area contributed by atoms with Crippen molar-refractivity contribution in [1.29, 1.82) is 0 Å². The summed E-state index contributed by atoms with van der Waals surface area (Å²) in [6.45, 7) is 2.52. The molecular formula is C19H23N3O7S2. The van der Waals surface area contributed by atoms with Gasteiger partial charge in [-0.3, -0.25) is 9.69 Å². The van der Waals surface area contributed by atoms with E-state index in [1.54, 1.807) is 18.4 Å². The van der Waals surface area contributed by atoms with E-state index in [0.717, 1.165) is 4.31 Å². The number of hydrogen-bond acceptors (Lipinski definition) is 8. The molecule has 1 atom stereocenters. The molecule has 10 nitrogen and oxygen atoms in total. The van der Waals surface area contributed by atoms with Gasteiger partial charge in [-0.25, -0.2) is 25.9 Å². The van der Waals surface area contributed by atoms with Gasteiger partial charge in [-0.2, -0.15) is 0 Å². The molecule has 1 aromatic heterocycles. The van der Waals surface area contributed by atoms with Crippen LogP contribution in [0.1, 0.15) is 18.2 Å². The summed E-state index contributed by atoms with van der Waals surface area (Å²) >= 11 is 0. The summed E-state index contributed by atoms with van der Waals surface area (Å²) in [4.78, 5) is 14.0. The molecule has 168 valence electrons. The Morgan fingerprint density at radius 3 is 2.39 bits per heavy atom. The number of hydrogen-bond donors (Lipinski definition) is 1. The van der Waals surface area contributed by atoms with Gasteiger partial charge in [-0.05, 0) is 36.4 Å². The number of benzene rings is 1. The maximum absolute atomic E-state index is 12.8. The van der Waals surface area contributed by atoms with E-state index in [1.807, 2.05) is 0 Å². The highest BCUT2D eigenvalue weighted by atomic mass is 32.2. The molecule has 1 unspecified atom stereocenters. The molecule has 1 amide bonds. The summed E-state index contributed by atoms with van der Waals surface area (Å²) in [5.74, 6) is -0.124. The van der Waals surface area contributed by atoms with E-state index < -0.39 is 26.0 Å². The predicted octanol–water partition coefficient (Wildman–Crippen LogP) is 0.698. The lowest BCUT2D eigenvalue weighted by atomic mass is 10.2. The second-order valence-corrected chi connectivity index (χ2v) is 11.0. The van der Waals surface area contributed by atoms with Gasteiger partial charge in [-0.15, -0.1) is 0 Å². The first-order chi connectivity index (χ1) is 14.8. The first-order valence-electron chi connectivity index (χ1n) is 9.79. The van der Waals surface area contributed by atoms with Crippen LogP contribution in [-0.4, -0.2) is 66.2 Å². The molecule has 2 saturated heterocycles. The van der Waals surface area contributed by atoms with Crippen molar-refractivity contribution in [2.45, 2.75) is 17.4 Å². The number of morpholine rings is 1. The standard InChI is InChI=1S/C19H23N3O7S2/c23-19-7-13-30(24,25)22(19)15-3-5-16(6-4-15)31(26,27)20-14-17(18-2-1-10-29-18)21-8-11-28-12-9-21/h1-6,10,17,20H,7-9,11-14H2. The first-order valence-corrected chi connectivity index (χ1v) is 12.9. The Bertz CT molecular complexity index is 1120. The molecule has 4 rings (SSSR count). The van der Waals surface area contributed by atoms with Crippen molar-refractivity contribution in [2.75, 3.05) is 42.9 Å². The third kappa shape index (κ3) is 4.67. The van der Waals surface area contributed by atoms with Gasteiger partial charge in [0, 0.05) is 26.1 Å². The van der Waals surface area contributed by atoms with Crippen molar-refractivity contribution in [2.24, 2.45) is 0 Å². The molecule has 2 aliphatic heterocycles. The molecule has 0 radical (unpaired) electrons. The monoisotopic (exact) mass is 469 g/mol. The normalized spacial score (nSPS) is 20.8. The van der Waals surface area contributed by atoms with Gasteiger partial charge in [0.2, 0.25) is 26.0 Å². The van der Waals surface area contributed by atoms with Crippen LogP contribution in [0.3, 0.4) is 0 Å². The molecule has 2 aliphatic rings. The number of nitrogens with one attached hydrogen (secondary N) is 1. The molecule has 12 heteroatoms. The SMILES string of the molecule is O=C1CCS(=O)(=O)N1c1ccc(S(=O)(=O)NCC(c2ccco2)N2CCOCC2)cc1. The zero-order valence-electron chi connectivity index (χ0n) is 16.6. The fourth-order valence-electron chi connectivity index (χ4n) is 3.68. The number of anilines is 1. The maximum atomic E-state index is 12.8. The molecule has 1 N–H and O–H groups in total. The number of furan rings is 1. The molecule has 1 aromatic carbocycles.